The van der Waals surface area contributed by atoms with Crippen LogP contribution in [0.5, 0.6) is 0 Å². The molecule has 1 aliphatic carbocycles. The molecule has 5 rings (SSSR count). The molecule has 0 saturated heterocycles. The number of rotatable bonds is 7. The van der Waals surface area contributed by atoms with Gasteiger partial charge in [-0.3, -0.25) is 14.8 Å². The van der Waals surface area contributed by atoms with Crippen molar-refractivity contribution < 1.29 is 18.0 Å². The van der Waals surface area contributed by atoms with E-state index >= 15 is 0 Å². The monoisotopic (exact) mass is 507 g/mol. The highest BCUT2D eigenvalue weighted by Gasteiger charge is 2.34. The zero-order chi connectivity index (χ0) is 25.4. The van der Waals surface area contributed by atoms with Crippen molar-refractivity contribution in [1.29, 1.82) is 5.41 Å². The third-order valence-corrected chi connectivity index (χ3v) is 6.77. The average molecular weight is 508 g/mol. The molecule has 1 aliphatic rings. The Balaban J connectivity index is 1.52. The number of hydrogen-bond acceptors (Lipinski definition) is 3. The lowest BCUT2D eigenvalue weighted by Gasteiger charge is -2.20. The molecule has 5 nitrogen and oxygen atoms in total. The smallest absolute Gasteiger partial charge is 0.293 e. The largest absolute Gasteiger partial charge is 0.432 e. The van der Waals surface area contributed by atoms with Crippen LogP contribution in [-0.2, 0) is 6.54 Å². The molecule has 2 N–H and O–H groups in total. The maximum atomic E-state index is 13.9. The van der Waals surface area contributed by atoms with Crippen molar-refractivity contribution in [3.8, 4) is 11.1 Å². The summed E-state index contributed by atoms with van der Waals surface area (Å²) in [5.41, 5.74) is 3.78. The quantitative estimate of drug-likeness (QED) is 0.304. The number of amides is 1. The number of aromatic nitrogens is 1. The molecule has 1 atom stereocenters. The van der Waals surface area contributed by atoms with Crippen LogP contribution in [0.25, 0.3) is 11.1 Å². The predicted octanol–water partition coefficient (Wildman–Crippen LogP) is 6.40. The molecule has 0 bridgehead atoms. The van der Waals surface area contributed by atoms with Crippen LogP contribution in [0.15, 0.2) is 71.5 Å². The minimum atomic E-state index is -0.451. The van der Waals surface area contributed by atoms with Gasteiger partial charge in [-0.15, -0.1) is 0 Å². The van der Waals surface area contributed by atoms with Crippen LogP contribution in [0.4, 0.5) is 8.78 Å². The lowest BCUT2D eigenvalue weighted by molar-refractivity contribution is 0.0931. The first-order chi connectivity index (χ1) is 17.3. The van der Waals surface area contributed by atoms with Crippen molar-refractivity contribution in [2.45, 2.75) is 32.4 Å². The van der Waals surface area contributed by atoms with Gasteiger partial charge in [0.2, 0.25) is 0 Å². The van der Waals surface area contributed by atoms with E-state index < -0.39 is 5.82 Å². The molecule has 1 saturated carbocycles. The summed E-state index contributed by atoms with van der Waals surface area (Å²) in [7, 11) is 0. The first-order valence-electron chi connectivity index (χ1n) is 11.6. The average Bonchev–Trinajstić information content (AvgIpc) is 3.61. The summed E-state index contributed by atoms with van der Waals surface area (Å²) in [4.78, 5) is 13.5. The highest BCUT2D eigenvalue weighted by molar-refractivity contribution is 6.33. The highest BCUT2D eigenvalue weighted by Crippen LogP contribution is 2.41. The number of aryl methyl sites for hydroxylation is 1. The Hall–Kier alpha value is -3.71. The number of benzene rings is 3. The Morgan fingerprint density at radius 3 is 2.64 bits per heavy atom. The summed E-state index contributed by atoms with van der Waals surface area (Å²) in [6.45, 7) is 2.01. The van der Waals surface area contributed by atoms with E-state index in [1.807, 2.05) is 6.07 Å². The number of nitrogens with zero attached hydrogens (tertiary/aromatic N) is 1. The van der Waals surface area contributed by atoms with Crippen LogP contribution in [0.3, 0.4) is 0 Å². The zero-order valence-corrected chi connectivity index (χ0v) is 20.3. The second kappa shape index (κ2) is 9.74. The number of carbonyl (C=O) groups is 1. The van der Waals surface area contributed by atoms with Gasteiger partial charge in [0, 0.05) is 17.3 Å². The van der Waals surface area contributed by atoms with Crippen LogP contribution in [0.2, 0.25) is 5.02 Å². The van der Waals surface area contributed by atoms with Crippen molar-refractivity contribution in [3.05, 3.63) is 112 Å². The van der Waals surface area contributed by atoms with Crippen molar-refractivity contribution in [3.63, 3.8) is 0 Å². The standard InChI is InChI=1S/C28H24ClF2N3O2/c1-16-10-19(4-7-25(16)31)26(18-2-3-18)33-27(35)21-12-17(15-34-8-9-36-28(34)32)11-20(13-21)23-6-5-22(30)14-24(23)29/h4-14,18,26,32H,2-3,15H2,1H3,(H,33,35)/t26-/m0/s1. The van der Waals surface area contributed by atoms with Gasteiger partial charge in [-0.1, -0.05) is 23.7 Å². The van der Waals surface area contributed by atoms with Crippen LogP contribution in [0, 0.1) is 29.9 Å². The molecule has 0 radical (unpaired) electrons. The van der Waals surface area contributed by atoms with Gasteiger partial charge in [-0.25, -0.2) is 8.78 Å². The summed E-state index contributed by atoms with van der Waals surface area (Å²) >= 11 is 6.34. The van der Waals surface area contributed by atoms with Gasteiger partial charge < -0.3 is 9.73 Å². The predicted molar refractivity (Wildman–Crippen MR) is 133 cm³/mol. The Labute approximate surface area is 211 Å². The van der Waals surface area contributed by atoms with Gasteiger partial charge in [0.1, 0.15) is 17.9 Å². The minimum Gasteiger partial charge on any atom is -0.432 e. The third kappa shape index (κ3) is 5.11. The summed E-state index contributed by atoms with van der Waals surface area (Å²) in [6, 6.07) is 14.2. The molecule has 36 heavy (non-hydrogen) atoms. The van der Waals surface area contributed by atoms with Gasteiger partial charge in [-0.2, -0.15) is 0 Å². The third-order valence-electron chi connectivity index (χ3n) is 6.45. The Kier molecular flexibility index (Phi) is 6.49. The summed E-state index contributed by atoms with van der Waals surface area (Å²) in [5.74, 6) is -0.718. The van der Waals surface area contributed by atoms with Crippen LogP contribution in [-0.4, -0.2) is 10.5 Å². The highest BCUT2D eigenvalue weighted by atomic mass is 35.5. The van der Waals surface area contributed by atoms with Crippen molar-refractivity contribution in [2.75, 3.05) is 0 Å². The van der Waals surface area contributed by atoms with Crippen molar-refractivity contribution in [2.24, 2.45) is 5.92 Å². The minimum absolute atomic E-state index is 0.0216. The SMILES string of the molecule is Cc1cc([C@@H](NC(=O)c2cc(Cn3ccoc3=N)cc(-c3ccc(F)cc3Cl)c2)C2CC2)ccc1F. The van der Waals surface area contributed by atoms with E-state index in [-0.39, 0.29) is 28.5 Å². The topological polar surface area (TPSA) is 71.0 Å². The van der Waals surface area contributed by atoms with Crippen LogP contribution < -0.4 is 11.0 Å². The fourth-order valence-corrected chi connectivity index (χ4v) is 4.68. The number of hydrogen-bond donors (Lipinski definition) is 2. The van der Waals surface area contributed by atoms with Gasteiger partial charge >= 0.3 is 0 Å². The summed E-state index contributed by atoms with van der Waals surface area (Å²) < 4.78 is 34.2. The molecule has 4 aromatic rings. The molecule has 1 amide bonds. The summed E-state index contributed by atoms with van der Waals surface area (Å²) in [5, 5.41) is 11.3. The van der Waals surface area contributed by atoms with Gasteiger partial charge in [0.25, 0.3) is 11.6 Å². The molecule has 0 aliphatic heterocycles. The first-order valence-corrected chi connectivity index (χ1v) is 12.0. The maximum absolute atomic E-state index is 13.9. The van der Waals surface area contributed by atoms with Gasteiger partial charge in [0.05, 0.1) is 17.6 Å². The van der Waals surface area contributed by atoms with E-state index in [4.69, 9.17) is 21.4 Å². The van der Waals surface area contributed by atoms with E-state index in [0.29, 0.717) is 34.7 Å². The maximum Gasteiger partial charge on any atom is 0.293 e. The molecular formula is C28H24ClF2N3O2. The second-order valence-corrected chi connectivity index (χ2v) is 9.58. The van der Waals surface area contributed by atoms with E-state index in [2.05, 4.69) is 5.32 Å². The molecule has 1 fully saturated rings. The van der Waals surface area contributed by atoms with E-state index in [9.17, 15) is 13.6 Å². The van der Waals surface area contributed by atoms with Crippen LogP contribution >= 0.6 is 11.6 Å². The Bertz CT molecular complexity index is 1510. The molecular weight excluding hydrogens is 484 g/mol. The molecule has 184 valence electrons. The lowest BCUT2D eigenvalue weighted by atomic mass is 9.97. The number of nitrogens with one attached hydrogen (secondary N) is 2. The first kappa shape index (κ1) is 24.0. The zero-order valence-electron chi connectivity index (χ0n) is 19.5. The van der Waals surface area contributed by atoms with Gasteiger partial charge in [0.15, 0.2) is 0 Å². The molecule has 1 heterocycles. The van der Waals surface area contributed by atoms with Crippen LogP contribution in [0.1, 0.15) is 45.9 Å². The number of carbonyl (C=O) groups excluding carboxylic acids is 1. The Morgan fingerprint density at radius 1 is 1.17 bits per heavy atom. The molecule has 1 aromatic heterocycles. The Morgan fingerprint density at radius 2 is 1.97 bits per heavy atom. The molecule has 3 aromatic carbocycles. The second-order valence-electron chi connectivity index (χ2n) is 9.18. The molecule has 8 heteroatoms. The van der Waals surface area contributed by atoms with E-state index in [1.54, 1.807) is 48.0 Å². The van der Waals surface area contributed by atoms with Gasteiger partial charge in [-0.05, 0) is 90.4 Å². The number of oxazole rings is 1. The fourth-order valence-electron chi connectivity index (χ4n) is 4.41. The van der Waals surface area contributed by atoms with E-state index in [1.165, 1.54) is 24.5 Å². The van der Waals surface area contributed by atoms with Crippen molar-refractivity contribution >= 4 is 17.5 Å². The fraction of sp³-hybridized carbons (Fsp3) is 0.214. The lowest BCUT2D eigenvalue weighted by Crippen LogP contribution is -2.30. The molecule has 0 unspecified atom stereocenters. The summed E-state index contributed by atoms with van der Waals surface area (Å²) in [6.07, 6.45) is 5.03. The normalized spacial score (nSPS) is 14.0. The number of halogens is 3. The van der Waals surface area contributed by atoms with Crippen molar-refractivity contribution in [1.82, 2.24) is 9.88 Å². The van der Waals surface area contributed by atoms with E-state index in [0.717, 1.165) is 24.0 Å². The molecule has 0 spiro atoms.